The van der Waals surface area contributed by atoms with E-state index in [9.17, 15) is 9.90 Å². The highest BCUT2D eigenvalue weighted by atomic mass is 16.5. The Balaban J connectivity index is 1.99. The van der Waals surface area contributed by atoms with Gasteiger partial charge in [-0.1, -0.05) is 25.5 Å². The first-order valence-electron chi connectivity index (χ1n) is 8.29. The summed E-state index contributed by atoms with van der Waals surface area (Å²) in [7, 11) is 0. The second-order valence-corrected chi connectivity index (χ2v) is 6.61. The Morgan fingerprint density at radius 3 is 2.71 bits per heavy atom. The zero-order valence-electron chi connectivity index (χ0n) is 14.8. The highest BCUT2D eigenvalue weighted by Crippen LogP contribution is 2.18. The van der Waals surface area contributed by atoms with Gasteiger partial charge >= 0.3 is 0 Å². The normalized spacial score (nSPS) is 12.6. The lowest BCUT2D eigenvalue weighted by molar-refractivity contribution is 0.0259. The smallest absolute Gasteiger partial charge is 0.253 e. The largest absolute Gasteiger partial charge is 0.389 e. The van der Waals surface area contributed by atoms with Crippen molar-refractivity contribution in [1.29, 1.82) is 0 Å². The molecule has 1 atom stereocenters. The van der Waals surface area contributed by atoms with Gasteiger partial charge in [-0.05, 0) is 38.0 Å². The van der Waals surface area contributed by atoms with Crippen LogP contribution in [0.25, 0.3) is 10.9 Å². The first-order valence-corrected chi connectivity index (χ1v) is 8.29. The van der Waals surface area contributed by atoms with E-state index < -0.39 is 6.10 Å². The molecule has 0 saturated carbocycles. The van der Waals surface area contributed by atoms with Gasteiger partial charge in [-0.3, -0.25) is 9.78 Å². The minimum Gasteiger partial charge on any atom is -0.389 e. The average molecular weight is 330 g/mol. The molecule has 1 heterocycles. The summed E-state index contributed by atoms with van der Waals surface area (Å²) in [5, 5.41) is 13.6. The van der Waals surface area contributed by atoms with Gasteiger partial charge in [0.2, 0.25) is 0 Å². The predicted molar refractivity (Wildman–Crippen MR) is 95.2 cm³/mol. The first kappa shape index (κ1) is 18.4. The highest BCUT2D eigenvalue weighted by molar-refractivity contribution is 5.98. The summed E-state index contributed by atoms with van der Waals surface area (Å²) in [6.07, 6.45) is -0.719. The molecule has 0 bridgehead atoms. The van der Waals surface area contributed by atoms with E-state index in [0.29, 0.717) is 23.8 Å². The number of nitrogens with one attached hydrogen (secondary N) is 1. The molecule has 1 aromatic carbocycles. The average Bonchev–Trinajstić information content (AvgIpc) is 2.52. The summed E-state index contributed by atoms with van der Waals surface area (Å²) >= 11 is 0. The molecule has 0 radical (unpaired) electrons. The fraction of sp³-hybridized carbons (Fsp3) is 0.474. The molecule has 0 fully saturated rings. The lowest BCUT2D eigenvalue weighted by atomic mass is 10.1. The van der Waals surface area contributed by atoms with E-state index in [1.165, 1.54) is 0 Å². The van der Waals surface area contributed by atoms with Gasteiger partial charge in [0.05, 0.1) is 29.5 Å². The van der Waals surface area contributed by atoms with Gasteiger partial charge < -0.3 is 15.2 Å². The first-order chi connectivity index (χ1) is 11.4. The highest BCUT2D eigenvalue weighted by Gasteiger charge is 2.13. The molecule has 2 rings (SSSR count). The number of carbonyl (C=O) groups is 1. The van der Waals surface area contributed by atoms with E-state index in [2.05, 4.69) is 10.3 Å². The number of benzene rings is 1. The fourth-order valence-electron chi connectivity index (χ4n) is 2.43. The minimum absolute atomic E-state index is 0.155. The van der Waals surface area contributed by atoms with Crippen molar-refractivity contribution in [2.45, 2.75) is 33.8 Å². The van der Waals surface area contributed by atoms with Crippen molar-refractivity contribution in [3.63, 3.8) is 0 Å². The van der Waals surface area contributed by atoms with Crippen molar-refractivity contribution in [2.24, 2.45) is 5.92 Å². The Hall–Kier alpha value is -1.98. The van der Waals surface area contributed by atoms with E-state index in [1.807, 2.05) is 52.0 Å². The van der Waals surface area contributed by atoms with Crippen LogP contribution in [0.15, 0.2) is 24.3 Å². The number of carbonyl (C=O) groups excluding carboxylic acids is 1. The molecule has 0 aliphatic heterocycles. The van der Waals surface area contributed by atoms with Gasteiger partial charge in [0.15, 0.2) is 0 Å². The summed E-state index contributed by atoms with van der Waals surface area (Å²) in [5.74, 6) is 0.188. The number of hydrogen-bond donors (Lipinski definition) is 2. The Bertz CT molecular complexity index is 713. The molecule has 0 spiro atoms. The van der Waals surface area contributed by atoms with Gasteiger partial charge in [-0.15, -0.1) is 0 Å². The van der Waals surface area contributed by atoms with Gasteiger partial charge in [0.25, 0.3) is 5.91 Å². The van der Waals surface area contributed by atoms with Crippen LogP contribution in [-0.2, 0) is 4.74 Å². The van der Waals surface area contributed by atoms with Crippen LogP contribution in [0.2, 0.25) is 0 Å². The zero-order valence-corrected chi connectivity index (χ0v) is 14.8. The number of amides is 1. The molecule has 2 N–H and O–H groups in total. The number of pyridine rings is 1. The quantitative estimate of drug-likeness (QED) is 0.818. The molecular weight excluding hydrogens is 304 g/mol. The Kier molecular flexibility index (Phi) is 6.29. The Labute approximate surface area is 143 Å². The number of aliphatic hydroxyl groups is 1. The molecule has 24 heavy (non-hydrogen) atoms. The summed E-state index contributed by atoms with van der Waals surface area (Å²) in [6, 6.07) is 7.81. The number of fused-ring (bicyclic) bond motifs is 1. The summed E-state index contributed by atoms with van der Waals surface area (Å²) < 4.78 is 5.38. The topological polar surface area (TPSA) is 71.5 Å². The van der Waals surface area contributed by atoms with Crippen LogP contribution in [0.1, 0.15) is 35.5 Å². The Morgan fingerprint density at radius 1 is 1.25 bits per heavy atom. The van der Waals surface area contributed by atoms with E-state index in [1.54, 1.807) is 0 Å². The molecule has 0 aliphatic carbocycles. The molecule has 130 valence electrons. The van der Waals surface area contributed by atoms with Crippen LogP contribution in [0.5, 0.6) is 0 Å². The molecule has 1 aromatic heterocycles. The second kappa shape index (κ2) is 8.22. The number of aliphatic hydroxyl groups excluding tert-OH is 1. The maximum absolute atomic E-state index is 12.4. The second-order valence-electron chi connectivity index (χ2n) is 6.61. The molecule has 2 aromatic rings. The van der Waals surface area contributed by atoms with Crippen molar-refractivity contribution in [2.75, 3.05) is 19.8 Å². The van der Waals surface area contributed by atoms with E-state index >= 15 is 0 Å². The van der Waals surface area contributed by atoms with Crippen molar-refractivity contribution in [3.8, 4) is 0 Å². The van der Waals surface area contributed by atoms with E-state index in [-0.39, 0.29) is 19.1 Å². The lowest BCUT2D eigenvalue weighted by Gasteiger charge is -2.14. The monoisotopic (exact) mass is 330 g/mol. The van der Waals surface area contributed by atoms with Crippen molar-refractivity contribution in [1.82, 2.24) is 10.3 Å². The number of aryl methyl sites for hydroxylation is 2. The lowest BCUT2D eigenvalue weighted by Crippen LogP contribution is -2.35. The molecular formula is C19H26N2O3. The zero-order chi connectivity index (χ0) is 17.7. The van der Waals surface area contributed by atoms with Gasteiger partial charge in [-0.25, -0.2) is 0 Å². The van der Waals surface area contributed by atoms with Crippen LogP contribution in [-0.4, -0.2) is 41.9 Å². The fourth-order valence-corrected chi connectivity index (χ4v) is 2.43. The van der Waals surface area contributed by atoms with Crippen molar-refractivity contribution < 1.29 is 14.6 Å². The van der Waals surface area contributed by atoms with Crippen LogP contribution < -0.4 is 5.32 Å². The van der Waals surface area contributed by atoms with Crippen LogP contribution >= 0.6 is 0 Å². The third kappa shape index (κ3) is 5.01. The standard InChI is InChI=1S/C19H26N2O3/c1-12(2)10-24-11-16(22)9-20-19(23)17-8-15-7-13(3)5-6-18(15)21-14(17)4/h5-8,12,16,22H,9-11H2,1-4H3,(H,20,23). The maximum atomic E-state index is 12.4. The predicted octanol–water partition coefficient (Wildman–Crippen LogP) is 2.61. The number of aromatic nitrogens is 1. The van der Waals surface area contributed by atoms with Gasteiger partial charge in [0, 0.05) is 18.5 Å². The molecule has 0 saturated heterocycles. The van der Waals surface area contributed by atoms with Gasteiger partial charge in [0.1, 0.15) is 0 Å². The molecule has 0 aliphatic rings. The van der Waals surface area contributed by atoms with Crippen molar-refractivity contribution >= 4 is 16.8 Å². The summed E-state index contributed by atoms with van der Waals surface area (Å²) in [5.41, 5.74) is 3.20. The van der Waals surface area contributed by atoms with E-state index in [4.69, 9.17) is 4.74 Å². The summed E-state index contributed by atoms with van der Waals surface area (Å²) in [6.45, 7) is 8.88. The summed E-state index contributed by atoms with van der Waals surface area (Å²) in [4.78, 5) is 16.9. The maximum Gasteiger partial charge on any atom is 0.253 e. The van der Waals surface area contributed by atoms with Gasteiger partial charge in [-0.2, -0.15) is 0 Å². The van der Waals surface area contributed by atoms with Crippen LogP contribution in [0.3, 0.4) is 0 Å². The number of ether oxygens (including phenoxy) is 1. The molecule has 5 nitrogen and oxygen atoms in total. The third-order valence-corrected chi connectivity index (χ3v) is 3.67. The minimum atomic E-state index is -0.719. The third-order valence-electron chi connectivity index (χ3n) is 3.67. The van der Waals surface area contributed by atoms with E-state index in [0.717, 1.165) is 16.5 Å². The van der Waals surface area contributed by atoms with Crippen molar-refractivity contribution in [3.05, 3.63) is 41.1 Å². The molecule has 5 heteroatoms. The SMILES string of the molecule is Cc1ccc2nc(C)c(C(=O)NCC(O)COCC(C)C)cc2c1. The number of hydrogen-bond acceptors (Lipinski definition) is 4. The molecule has 1 amide bonds. The Morgan fingerprint density at radius 2 is 2.00 bits per heavy atom. The molecule has 1 unspecified atom stereocenters. The van der Waals surface area contributed by atoms with Crippen LogP contribution in [0.4, 0.5) is 0 Å². The number of nitrogens with zero attached hydrogens (tertiary/aromatic N) is 1. The van der Waals surface area contributed by atoms with Crippen LogP contribution in [0, 0.1) is 19.8 Å². The number of rotatable bonds is 7.